The van der Waals surface area contributed by atoms with E-state index in [1.807, 2.05) is 35.5 Å². The van der Waals surface area contributed by atoms with Gasteiger partial charge in [0, 0.05) is 55.6 Å². The number of urea groups is 1. The predicted octanol–water partition coefficient (Wildman–Crippen LogP) is 3.40. The number of carbonyl (C=O) groups is 1. The lowest BCUT2D eigenvalue weighted by Crippen LogP contribution is -2.72. The van der Waals surface area contributed by atoms with Crippen LogP contribution in [-0.4, -0.2) is 110 Å². The SMILES string of the molecule is N#Cc1cnn2cc(OCCCN3[C@@H]4CC[C@H]3C[C@@H](O)C4)cc(-c3ccc(N4CC5CC(C4)N5C(=O)N4CCCC4C#N)nc3)c12. The van der Waals surface area contributed by atoms with E-state index in [4.69, 9.17) is 9.72 Å². The van der Waals surface area contributed by atoms with Crippen molar-refractivity contribution < 1.29 is 14.6 Å². The smallest absolute Gasteiger partial charge is 0.321 e. The molecule has 238 valence electrons. The van der Waals surface area contributed by atoms with Crippen LogP contribution in [0.1, 0.15) is 56.9 Å². The number of aromatic nitrogens is 3. The zero-order chi connectivity index (χ0) is 31.4. The summed E-state index contributed by atoms with van der Waals surface area (Å²) in [5, 5.41) is 33.8. The van der Waals surface area contributed by atoms with E-state index in [0.717, 1.165) is 67.5 Å². The van der Waals surface area contributed by atoms with Crippen LogP contribution in [0, 0.1) is 22.7 Å². The molecule has 12 nitrogen and oxygen atoms in total. The van der Waals surface area contributed by atoms with Gasteiger partial charge < -0.3 is 24.5 Å². The first-order chi connectivity index (χ1) is 22.5. The minimum Gasteiger partial charge on any atom is -0.492 e. The molecule has 6 aliphatic heterocycles. The summed E-state index contributed by atoms with van der Waals surface area (Å²) >= 11 is 0. The highest BCUT2D eigenvalue weighted by Gasteiger charge is 2.50. The molecule has 6 fully saturated rings. The molecule has 6 saturated heterocycles. The van der Waals surface area contributed by atoms with E-state index in [2.05, 4.69) is 27.0 Å². The van der Waals surface area contributed by atoms with Gasteiger partial charge in [0.25, 0.3) is 0 Å². The van der Waals surface area contributed by atoms with E-state index >= 15 is 0 Å². The highest BCUT2D eigenvalue weighted by atomic mass is 16.5. The molecule has 3 unspecified atom stereocenters. The van der Waals surface area contributed by atoms with Crippen molar-refractivity contribution in [2.75, 3.05) is 37.7 Å². The molecule has 6 aliphatic rings. The Morgan fingerprint density at radius 3 is 2.57 bits per heavy atom. The van der Waals surface area contributed by atoms with E-state index in [1.165, 1.54) is 12.8 Å². The van der Waals surface area contributed by atoms with E-state index in [9.17, 15) is 20.4 Å². The Balaban J connectivity index is 0.945. The molecule has 6 atom stereocenters. The van der Waals surface area contributed by atoms with Crippen molar-refractivity contribution in [3.8, 4) is 29.0 Å². The second kappa shape index (κ2) is 11.8. The molecule has 3 aromatic rings. The molecule has 2 amide bonds. The summed E-state index contributed by atoms with van der Waals surface area (Å²) in [6, 6.07) is 11.5. The quantitative estimate of drug-likeness (QED) is 0.394. The van der Waals surface area contributed by atoms with Crippen molar-refractivity contribution in [2.45, 2.75) is 87.7 Å². The first kappa shape index (κ1) is 29.0. The van der Waals surface area contributed by atoms with Crippen molar-refractivity contribution >= 4 is 17.4 Å². The summed E-state index contributed by atoms with van der Waals surface area (Å²) in [5.41, 5.74) is 2.92. The Morgan fingerprint density at radius 1 is 1.04 bits per heavy atom. The number of carbonyl (C=O) groups excluding carboxylic acids is 1. The zero-order valence-corrected chi connectivity index (χ0v) is 25.9. The van der Waals surface area contributed by atoms with Crippen LogP contribution in [0.3, 0.4) is 0 Å². The lowest BCUT2D eigenvalue weighted by Gasteiger charge is -2.57. The van der Waals surface area contributed by atoms with E-state index in [1.54, 1.807) is 15.6 Å². The number of fused-ring (bicyclic) bond motifs is 5. The number of rotatable bonds is 7. The predicted molar refractivity (Wildman–Crippen MR) is 169 cm³/mol. The summed E-state index contributed by atoms with van der Waals surface area (Å²) in [5.74, 6) is 1.55. The first-order valence-corrected chi connectivity index (χ1v) is 16.7. The average Bonchev–Trinajstić information content (AvgIpc) is 3.78. The molecule has 46 heavy (non-hydrogen) atoms. The molecule has 12 heteroatoms. The molecule has 0 radical (unpaired) electrons. The fourth-order valence-electron chi connectivity index (χ4n) is 8.65. The zero-order valence-electron chi connectivity index (χ0n) is 25.9. The fourth-order valence-corrected chi connectivity index (χ4v) is 8.65. The number of aliphatic hydroxyl groups excluding tert-OH is 1. The number of ether oxygens (including phenoxy) is 1. The summed E-state index contributed by atoms with van der Waals surface area (Å²) in [4.78, 5) is 26.6. The molecular weight excluding hydrogens is 582 g/mol. The Labute approximate surface area is 268 Å². The van der Waals surface area contributed by atoms with Gasteiger partial charge in [0.1, 0.15) is 23.7 Å². The number of aliphatic hydroxyl groups is 1. The molecule has 9 rings (SSSR count). The van der Waals surface area contributed by atoms with Gasteiger partial charge in [-0.2, -0.15) is 15.6 Å². The van der Waals surface area contributed by atoms with Gasteiger partial charge in [-0.3, -0.25) is 4.90 Å². The van der Waals surface area contributed by atoms with Crippen LogP contribution in [0.2, 0.25) is 0 Å². The largest absolute Gasteiger partial charge is 0.492 e. The number of nitrogens with zero attached hydrogens (tertiary/aromatic N) is 9. The van der Waals surface area contributed by atoms with Crippen LogP contribution in [0.25, 0.3) is 16.6 Å². The summed E-state index contributed by atoms with van der Waals surface area (Å²) in [7, 11) is 0. The third kappa shape index (κ3) is 5.01. The van der Waals surface area contributed by atoms with Crippen LogP contribution in [0.5, 0.6) is 5.75 Å². The van der Waals surface area contributed by atoms with Crippen molar-refractivity contribution in [1.29, 1.82) is 10.5 Å². The fraction of sp³-hybridized carbons (Fsp3) is 0.559. The molecule has 3 aromatic heterocycles. The maximum absolute atomic E-state index is 13.2. The van der Waals surface area contributed by atoms with Crippen LogP contribution in [-0.2, 0) is 0 Å². The Kier molecular flexibility index (Phi) is 7.42. The number of hydrogen-bond acceptors (Lipinski definition) is 9. The lowest BCUT2D eigenvalue weighted by atomic mass is 9.87. The number of anilines is 1. The maximum atomic E-state index is 13.2. The van der Waals surface area contributed by atoms with Gasteiger partial charge in [0.05, 0.1) is 54.3 Å². The van der Waals surface area contributed by atoms with E-state index in [0.29, 0.717) is 49.6 Å². The van der Waals surface area contributed by atoms with Crippen LogP contribution >= 0.6 is 0 Å². The second-order valence-corrected chi connectivity index (χ2v) is 13.5. The number of pyridine rings is 2. The Bertz CT molecular complexity index is 1690. The van der Waals surface area contributed by atoms with Gasteiger partial charge in [-0.25, -0.2) is 14.3 Å². The lowest BCUT2D eigenvalue weighted by molar-refractivity contribution is 0.0191. The van der Waals surface area contributed by atoms with Gasteiger partial charge in [-0.05, 0) is 69.6 Å². The van der Waals surface area contributed by atoms with Crippen molar-refractivity contribution in [3.63, 3.8) is 0 Å². The third-order valence-electron chi connectivity index (χ3n) is 10.8. The number of likely N-dealkylation sites (tertiary alicyclic amines) is 1. The van der Waals surface area contributed by atoms with Gasteiger partial charge in [0.2, 0.25) is 0 Å². The normalized spacial score (nSPS) is 28.6. The molecule has 9 heterocycles. The molecule has 0 saturated carbocycles. The van der Waals surface area contributed by atoms with Crippen LogP contribution in [0.4, 0.5) is 10.6 Å². The minimum absolute atomic E-state index is 0.00641. The van der Waals surface area contributed by atoms with Crippen molar-refractivity contribution in [3.05, 3.63) is 42.4 Å². The average molecular weight is 622 g/mol. The van der Waals surface area contributed by atoms with Gasteiger partial charge in [-0.1, -0.05) is 0 Å². The Morgan fingerprint density at radius 2 is 1.85 bits per heavy atom. The molecule has 0 aliphatic carbocycles. The molecule has 4 bridgehead atoms. The van der Waals surface area contributed by atoms with Gasteiger partial charge in [-0.15, -0.1) is 0 Å². The topological polar surface area (TPSA) is 137 Å². The van der Waals surface area contributed by atoms with Crippen molar-refractivity contribution in [1.82, 2.24) is 29.3 Å². The number of hydrogen-bond donors (Lipinski definition) is 1. The van der Waals surface area contributed by atoms with Crippen LogP contribution < -0.4 is 9.64 Å². The summed E-state index contributed by atoms with van der Waals surface area (Å²) in [6.07, 6.45) is 12.7. The molecular formula is C34H39N9O3. The van der Waals surface area contributed by atoms with Gasteiger partial charge >= 0.3 is 6.03 Å². The third-order valence-corrected chi connectivity index (χ3v) is 10.8. The summed E-state index contributed by atoms with van der Waals surface area (Å²) in [6.45, 7) is 3.63. The first-order valence-electron chi connectivity index (χ1n) is 16.7. The number of amides is 2. The minimum atomic E-state index is -0.308. The second-order valence-electron chi connectivity index (χ2n) is 13.5. The van der Waals surface area contributed by atoms with Crippen molar-refractivity contribution in [2.24, 2.45) is 0 Å². The molecule has 1 N–H and O–H groups in total. The van der Waals surface area contributed by atoms with Gasteiger partial charge in [0.15, 0.2) is 0 Å². The number of nitriles is 2. The highest BCUT2D eigenvalue weighted by molar-refractivity contribution is 5.85. The number of piperidine rings is 2. The molecule has 0 spiro atoms. The number of piperazine rings is 1. The Hall–Kier alpha value is -4.39. The van der Waals surface area contributed by atoms with Crippen LogP contribution in [0.15, 0.2) is 36.8 Å². The molecule has 0 aromatic carbocycles. The standard InChI is InChI=1S/C34H39N9O3/c35-15-23-18-38-42-21-30(46-10-2-9-40-24-5-6-25(40)13-29(44)12-24)14-31(33(23)42)22-4-7-32(37-17-22)39-19-27-11-28(20-39)43(27)34(45)41-8-1-3-26(41)16-36/h4,7,14,17-18,21,24-29,44H,1-3,5-6,8-13,19-20H2/t24-,25+,26?,27?,28?,29+. The maximum Gasteiger partial charge on any atom is 0.321 e. The highest BCUT2D eigenvalue weighted by Crippen LogP contribution is 2.38. The monoisotopic (exact) mass is 621 g/mol. The summed E-state index contributed by atoms with van der Waals surface area (Å²) < 4.78 is 7.95. The van der Waals surface area contributed by atoms with E-state index < -0.39 is 0 Å². The van der Waals surface area contributed by atoms with E-state index in [-0.39, 0.29) is 30.3 Å².